The maximum Gasteiger partial charge on any atom is 0.323 e. The van der Waals surface area contributed by atoms with E-state index in [1.165, 1.54) is 172 Å². The first-order valence-corrected chi connectivity index (χ1v) is 39.5. The Kier molecular flexibility index (Phi) is 20.4. The summed E-state index contributed by atoms with van der Waals surface area (Å²) >= 11 is 2.80. The molecule has 19 rings (SSSR count). The zero-order valence-electron chi connectivity index (χ0n) is 61.0. The molecule has 2 aliphatic carbocycles. The number of fused-ring (bicyclic) bond motifs is 10. The van der Waals surface area contributed by atoms with Crippen LogP contribution in [0.15, 0.2) is 182 Å². The monoisotopic (exact) mass is 1410 g/mol. The third-order valence-electron chi connectivity index (χ3n) is 24.6. The molecule has 9 aromatic rings. The predicted molar refractivity (Wildman–Crippen MR) is 426 cm³/mol. The number of likely N-dealkylation sites (N-methyl/N-ethyl adjacent to an activating group) is 5. The molecule has 0 unspecified atom stereocenters. The molecule has 103 heavy (non-hydrogen) atoms. The van der Waals surface area contributed by atoms with Gasteiger partial charge in [-0.15, -0.1) is 20.4 Å². The highest BCUT2D eigenvalue weighted by atomic mass is 32.1. The lowest BCUT2D eigenvalue weighted by Crippen LogP contribution is -2.48. The van der Waals surface area contributed by atoms with Gasteiger partial charge in [-0.2, -0.15) is 0 Å². The lowest BCUT2D eigenvalue weighted by molar-refractivity contribution is 0.172. The number of hydrogen-bond donors (Lipinski definition) is 3. The highest BCUT2D eigenvalue weighted by Gasteiger charge is 2.48. The first-order valence-electron chi connectivity index (χ1n) is 37.9. The molecule has 10 aliphatic rings. The second-order valence-electron chi connectivity index (χ2n) is 31.0. The number of piperidine rings is 3. The number of nitrogens with one attached hydrogen (secondary N) is 3. The quantitative estimate of drug-likeness (QED) is 0.154. The maximum atomic E-state index is 12.8. The number of amides is 4. The van der Waals surface area contributed by atoms with Crippen LogP contribution in [0.25, 0.3) is 21.1 Å². The number of rotatable bonds is 4. The zero-order chi connectivity index (χ0) is 70.6. The van der Waals surface area contributed by atoms with Crippen molar-refractivity contribution in [2.75, 3.05) is 142 Å². The second kappa shape index (κ2) is 30.1. The van der Waals surface area contributed by atoms with Crippen molar-refractivity contribution in [1.29, 1.82) is 0 Å². The number of carbonyl (C=O) groups excluding carboxylic acids is 2. The Balaban J connectivity index is 0.000000108. The number of carbonyl (C=O) groups is 2. The molecule has 0 radical (unpaired) electrons. The summed E-state index contributed by atoms with van der Waals surface area (Å²) in [6, 6.07) is 63.9. The van der Waals surface area contributed by atoms with Crippen molar-refractivity contribution >= 4 is 73.4 Å². The second-order valence-corrected chi connectivity index (χ2v) is 33.0. The molecular formula is C85H102N14O2S2. The van der Waals surface area contributed by atoms with Gasteiger partial charge in [0.2, 0.25) is 10.3 Å². The van der Waals surface area contributed by atoms with E-state index in [1.807, 2.05) is 70.5 Å². The van der Waals surface area contributed by atoms with Gasteiger partial charge in [-0.3, -0.25) is 10.6 Å². The van der Waals surface area contributed by atoms with E-state index in [1.54, 1.807) is 16.7 Å². The minimum absolute atomic E-state index is 0.0877. The van der Waals surface area contributed by atoms with Gasteiger partial charge in [-0.25, -0.2) is 9.59 Å². The molecule has 0 atom stereocenters. The summed E-state index contributed by atoms with van der Waals surface area (Å²) in [4.78, 5) is 41.3. The highest BCUT2D eigenvalue weighted by Crippen LogP contribution is 2.52. The Morgan fingerprint density at radius 3 is 0.893 bits per heavy atom. The molecule has 2 saturated carbocycles. The van der Waals surface area contributed by atoms with E-state index in [4.69, 9.17) is 0 Å². The number of likely N-dealkylation sites (tertiary alicyclic amines) is 2. The molecular weight excluding hydrogens is 1310 g/mol. The fraction of sp³-hybridized carbons (Fsp3) is 0.435. The molecule has 3 N–H and O–H groups in total. The van der Waals surface area contributed by atoms with Crippen LogP contribution in [-0.2, 0) is 27.1 Å². The Labute approximate surface area is 617 Å². The standard InChI is InChI=1S/2C22H23N5OS.2C14H19N.C13H18N2/c2*1-26-15-22(17-9-5-6-10-18(17)26)11-13-27(14-12-22)21(28)23-20-25-24-19(29-20)16-7-3-2-4-8-16;2*1-15-11-14(9-5-2-6-10-14)12-7-3-4-8-13(12)15;1-15-10-13(6-8-14-9-7-13)11-4-2-3-5-12(11)15/h2*2-10H,11-15H2,1H3,(H,23,25,28);2*3-4,7-8H,2,5-6,9-11H2,1H3;2-5,14H,6-10H2,1H3. The van der Waals surface area contributed by atoms with Crippen LogP contribution in [0.4, 0.5) is 48.3 Å². The summed E-state index contributed by atoms with van der Waals surface area (Å²) < 4.78 is 0. The van der Waals surface area contributed by atoms with Crippen LogP contribution >= 0.6 is 22.7 Å². The summed E-state index contributed by atoms with van der Waals surface area (Å²) in [5, 5.41) is 28.7. The Morgan fingerprint density at radius 2 is 0.592 bits per heavy atom. The summed E-state index contributed by atoms with van der Waals surface area (Å²) in [5.74, 6) is 0. The lowest BCUT2D eigenvalue weighted by atomic mass is 9.71. The summed E-state index contributed by atoms with van der Waals surface area (Å²) in [5.41, 5.74) is 18.5. The Hall–Kier alpha value is -8.84. The largest absolute Gasteiger partial charge is 0.373 e. The molecule has 5 spiro atoms. The Morgan fingerprint density at radius 1 is 0.330 bits per heavy atom. The van der Waals surface area contributed by atoms with E-state index in [0.717, 1.165) is 86.1 Å². The molecule has 8 aliphatic heterocycles. The first kappa shape index (κ1) is 69.9. The molecule has 5 fully saturated rings. The summed E-state index contributed by atoms with van der Waals surface area (Å²) in [6.07, 6.45) is 20.6. The molecule has 4 amide bonds. The van der Waals surface area contributed by atoms with Gasteiger partial charge < -0.3 is 39.6 Å². The van der Waals surface area contributed by atoms with E-state index in [9.17, 15) is 9.59 Å². The maximum absolute atomic E-state index is 12.8. The van der Waals surface area contributed by atoms with Crippen molar-refractivity contribution in [2.45, 2.75) is 130 Å². The topological polar surface area (TPSA) is 144 Å². The van der Waals surface area contributed by atoms with Gasteiger partial charge in [-0.1, -0.05) is 213 Å². The predicted octanol–water partition coefficient (Wildman–Crippen LogP) is 16.9. The van der Waals surface area contributed by atoms with Crippen LogP contribution in [0.3, 0.4) is 0 Å². The van der Waals surface area contributed by atoms with Crippen molar-refractivity contribution in [1.82, 2.24) is 35.5 Å². The van der Waals surface area contributed by atoms with Gasteiger partial charge in [-0.05, 0) is 135 Å². The average molecular weight is 1420 g/mol. The van der Waals surface area contributed by atoms with E-state index in [0.29, 0.717) is 26.5 Å². The van der Waals surface area contributed by atoms with Crippen molar-refractivity contribution in [3.8, 4) is 21.1 Å². The van der Waals surface area contributed by atoms with Gasteiger partial charge in [0.25, 0.3) is 0 Å². The number of benzene rings is 7. The molecule has 3 saturated heterocycles. The summed E-state index contributed by atoms with van der Waals surface area (Å²) in [7, 11) is 11.0. The summed E-state index contributed by atoms with van der Waals surface area (Å²) in [6.45, 7) is 11.1. The molecule has 536 valence electrons. The van der Waals surface area contributed by atoms with E-state index < -0.39 is 0 Å². The number of nitrogens with zero attached hydrogens (tertiary/aromatic N) is 11. The zero-order valence-corrected chi connectivity index (χ0v) is 62.6. The van der Waals surface area contributed by atoms with Crippen molar-refractivity contribution < 1.29 is 9.59 Å². The van der Waals surface area contributed by atoms with Crippen molar-refractivity contribution in [2.24, 2.45) is 0 Å². The van der Waals surface area contributed by atoms with E-state index in [-0.39, 0.29) is 22.9 Å². The highest BCUT2D eigenvalue weighted by molar-refractivity contribution is 7.19. The van der Waals surface area contributed by atoms with Gasteiger partial charge in [0, 0.05) is 161 Å². The number of anilines is 7. The number of hydrogen-bond acceptors (Lipinski definition) is 14. The van der Waals surface area contributed by atoms with Crippen molar-refractivity contribution in [3.05, 3.63) is 210 Å². The molecule has 10 heterocycles. The molecule has 0 bridgehead atoms. The number of para-hydroxylation sites is 5. The minimum atomic E-state index is -0.0877. The number of aromatic nitrogens is 4. The minimum Gasteiger partial charge on any atom is -0.373 e. The van der Waals surface area contributed by atoms with Gasteiger partial charge in [0.1, 0.15) is 10.0 Å². The van der Waals surface area contributed by atoms with Gasteiger partial charge in [0.15, 0.2) is 0 Å². The van der Waals surface area contributed by atoms with Crippen LogP contribution in [0.5, 0.6) is 0 Å². The molecule has 7 aromatic carbocycles. The van der Waals surface area contributed by atoms with Gasteiger partial charge in [0.05, 0.1) is 0 Å². The van der Waals surface area contributed by atoms with E-state index in [2.05, 4.69) is 217 Å². The Bertz CT molecular complexity index is 4030. The first-order chi connectivity index (χ1) is 50.2. The fourth-order valence-electron chi connectivity index (χ4n) is 19.5. The van der Waals surface area contributed by atoms with Crippen LogP contribution < -0.4 is 40.4 Å². The smallest absolute Gasteiger partial charge is 0.323 e. The van der Waals surface area contributed by atoms with Crippen molar-refractivity contribution in [3.63, 3.8) is 0 Å². The third kappa shape index (κ3) is 14.2. The van der Waals surface area contributed by atoms with Crippen LogP contribution in [-0.4, -0.2) is 149 Å². The SMILES string of the molecule is CN1CC2(CCCCC2)c2ccccc21.CN1CC2(CCCCC2)c2ccccc21.CN1CC2(CCN(C(=O)Nc3nnc(-c4ccccc4)s3)CC2)c2ccccc21.CN1CC2(CCN(C(=O)Nc3nnc(-c4ccccc4)s3)CC2)c2ccccc21.CN1CC2(CCNCC2)c2ccccc21. The normalized spacial score (nSPS) is 19.9. The van der Waals surface area contributed by atoms with Crippen LogP contribution in [0.2, 0.25) is 0 Å². The van der Waals surface area contributed by atoms with Crippen LogP contribution in [0, 0.1) is 0 Å². The number of urea groups is 2. The average Bonchev–Trinajstić information content (AvgIpc) is 1.64. The third-order valence-corrected chi connectivity index (χ3v) is 26.4. The molecule has 16 nitrogen and oxygen atoms in total. The van der Waals surface area contributed by atoms with E-state index >= 15 is 0 Å². The lowest BCUT2D eigenvalue weighted by Gasteiger charge is -2.39. The molecule has 18 heteroatoms. The fourth-order valence-corrected chi connectivity index (χ4v) is 20.9. The van der Waals surface area contributed by atoms with Crippen LogP contribution in [0.1, 0.15) is 131 Å². The molecule has 2 aromatic heterocycles. The van der Waals surface area contributed by atoms with Gasteiger partial charge >= 0.3 is 12.1 Å².